The number of amides is 2. The number of hydrogen-bond donors (Lipinski definition) is 1. The van der Waals surface area contributed by atoms with Crippen LogP contribution < -0.4 is 10.1 Å². The molecule has 0 bridgehead atoms. The van der Waals surface area contributed by atoms with Crippen LogP contribution in [0.5, 0.6) is 5.75 Å². The van der Waals surface area contributed by atoms with Crippen LogP contribution in [0.25, 0.3) is 0 Å². The summed E-state index contributed by atoms with van der Waals surface area (Å²) in [6.45, 7) is 5.19. The van der Waals surface area contributed by atoms with Gasteiger partial charge >= 0.3 is 0 Å². The molecule has 31 heavy (non-hydrogen) atoms. The quantitative estimate of drug-likeness (QED) is 0.422. The van der Waals surface area contributed by atoms with Crippen molar-refractivity contribution in [1.82, 2.24) is 10.2 Å². The van der Waals surface area contributed by atoms with Crippen LogP contribution >= 0.6 is 23.2 Å². The number of rotatable bonds is 12. The van der Waals surface area contributed by atoms with Crippen LogP contribution in [-0.2, 0) is 16.1 Å². The summed E-state index contributed by atoms with van der Waals surface area (Å²) in [6, 6.07) is 14.2. The number of nitrogens with zero attached hydrogens (tertiary/aromatic N) is 1. The fraction of sp³-hybridized carbons (Fsp3) is 0.417. The van der Waals surface area contributed by atoms with Gasteiger partial charge in [-0.3, -0.25) is 9.59 Å². The lowest BCUT2D eigenvalue weighted by molar-refractivity contribution is -0.141. The van der Waals surface area contributed by atoms with E-state index in [2.05, 4.69) is 5.32 Å². The first-order valence-electron chi connectivity index (χ1n) is 10.6. The highest BCUT2D eigenvalue weighted by molar-refractivity contribution is 6.42. The lowest BCUT2D eigenvalue weighted by Crippen LogP contribution is -2.49. The van der Waals surface area contributed by atoms with Gasteiger partial charge in [0.15, 0.2) is 0 Å². The molecule has 2 aromatic rings. The predicted octanol–water partition coefficient (Wildman–Crippen LogP) is 5.49. The second kappa shape index (κ2) is 13.2. The number of benzene rings is 2. The van der Waals surface area contributed by atoms with E-state index in [9.17, 15) is 9.59 Å². The maximum absolute atomic E-state index is 13.1. The highest BCUT2D eigenvalue weighted by Gasteiger charge is 2.28. The molecule has 0 saturated carbocycles. The van der Waals surface area contributed by atoms with E-state index >= 15 is 0 Å². The van der Waals surface area contributed by atoms with Crippen molar-refractivity contribution in [1.29, 1.82) is 0 Å². The number of carbonyl (C=O) groups is 2. The largest absolute Gasteiger partial charge is 0.494 e. The molecular weight excluding hydrogens is 435 g/mol. The number of halogens is 2. The molecule has 5 nitrogen and oxygen atoms in total. The molecule has 0 aliphatic heterocycles. The van der Waals surface area contributed by atoms with Crippen molar-refractivity contribution in [3.05, 3.63) is 64.1 Å². The SMILES string of the molecule is CCCNC(=O)[C@H](CC)N(Cc1ccc(Cl)c(Cl)c1)C(=O)CCCOc1ccccc1. The third-order valence-electron chi connectivity index (χ3n) is 4.82. The van der Waals surface area contributed by atoms with Crippen molar-refractivity contribution in [3.8, 4) is 5.75 Å². The molecule has 2 amide bonds. The van der Waals surface area contributed by atoms with E-state index < -0.39 is 6.04 Å². The topological polar surface area (TPSA) is 58.6 Å². The van der Waals surface area contributed by atoms with Gasteiger partial charge in [0.2, 0.25) is 11.8 Å². The molecule has 168 valence electrons. The second-order valence-electron chi connectivity index (χ2n) is 7.25. The molecule has 0 heterocycles. The highest BCUT2D eigenvalue weighted by Crippen LogP contribution is 2.24. The summed E-state index contributed by atoms with van der Waals surface area (Å²) in [6.07, 6.45) is 2.19. The van der Waals surface area contributed by atoms with Crippen LogP contribution in [0.4, 0.5) is 0 Å². The number of para-hydroxylation sites is 1. The zero-order chi connectivity index (χ0) is 22.6. The van der Waals surface area contributed by atoms with E-state index in [1.807, 2.05) is 50.2 Å². The van der Waals surface area contributed by atoms with Crippen molar-refractivity contribution >= 4 is 35.0 Å². The zero-order valence-corrected chi connectivity index (χ0v) is 19.6. The van der Waals surface area contributed by atoms with Crippen LogP contribution in [-0.4, -0.2) is 35.9 Å². The van der Waals surface area contributed by atoms with Gasteiger partial charge in [-0.1, -0.05) is 61.3 Å². The molecule has 0 radical (unpaired) electrons. The fourth-order valence-electron chi connectivity index (χ4n) is 3.19. The van der Waals surface area contributed by atoms with E-state index in [-0.39, 0.29) is 24.8 Å². The molecule has 2 rings (SSSR count). The number of nitrogens with one attached hydrogen (secondary N) is 1. The summed E-state index contributed by atoms with van der Waals surface area (Å²) in [7, 11) is 0. The van der Waals surface area contributed by atoms with Gasteiger partial charge in [0.05, 0.1) is 16.7 Å². The van der Waals surface area contributed by atoms with Gasteiger partial charge in [-0.2, -0.15) is 0 Å². The Kier molecular flexibility index (Phi) is 10.7. The van der Waals surface area contributed by atoms with Gasteiger partial charge in [-0.25, -0.2) is 0 Å². The molecule has 0 fully saturated rings. The Balaban J connectivity index is 2.07. The average Bonchev–Trinajstić information content (AvgIpc) is 2.78. The van der Waals surface area contributed by atoms with Gasteiger partial charge in [0.1, 0.15) is 11.8 Å². The van der Waals surface area contributed by atoms with E-state index in [4.69, 9.17) is 27.9 Å². The molecule has 0 unspecified atom stereocenters. The lowest BCUT2D eigenvalue weighted by atomic mass is 10.1. The Hall–Kier alpha value is -2.24. The van der Waals surface area contributed by atoms with Gasteiger partial charge in [-0.05, 0) is 49.1 Å². The highest BCUT2D eigenvalue weighted by atomic mass is 35.5. The summed E-state index contributed by atoms with van der Waals surface area (Å²) >= 11 is 12.2. The van der Waals surface area contributed by atoms with Crippen LogP contribution in [0.3, 0.4) is 0 Å². The summed E-state index contributed by atoms with van der Waals surface area (Å²) in [5, 5.41) is 3.78. The Bertz CT molecular complexity index is 846. The molecule has 0 aromatic heterocycles. The Morgan fingerprint density at radius 2 is 1.81 bits per heavy atom. The number of hydrogen-bond acceptors (Lipinski definition) is 3. The van der Waals surface area contributed by atoms with Gasteiger partial charge in [0.25, 0.3) is 0 Å². The Morgan fingerprint density at radius 3 is 2.45 bits per heavy atom. The second-order valence-corrected chi connectivity index (χ2v) is 8.06. The molecule has 2 aromatic carbocycles. The molecule has 0 aliphatic rings. The van der Waals surface area contributed by atoms with Crippen molar-refractivity contribution in [3.63, 3.8) is 0 Å². The van der Waals surface area contributed by atoms with Crippen LogP contribution in [0.15, 0.2) is 48.5 Å². The van der Waals surface area contributed by atoms with E-state index in [0.29, 0.717) is 36.0 Å². The number of carbonyl (C=O) groups excluding carboxylic acids is 2. The first-order valence-corrected chi connectivity index (χ1v) is 11.4. The lowest BCUT2D eigenvalue weighted by Gasteiger charge is -2.31. The summed E-state index contributed by atoms with van der Waals surface area (Å²) in [5.74, 6) is 0.535. The van der Waals surface area contributed by atoms with Gasteiger partial charge in [-0.15, -0.1) is 0 Å². The monoisotopic (exact) mass is 464 g/mol. The summed E-state index contributed by atoms with van der Waals surface area (Å²) in [4.78, 5) is 27.5. The maximum atomic E-state index is 13.1. The van der Waals surface area contributed by atoms with Crippen molar-refractivity contribution in [2.75, 3.05) is 13.2 Å². The van der Waals surface area contributed by atoms with Crippen molar-refractivity contribution in [2.45, 2.75) is 52.1 Å². The molecule has 0 saturated heterocycles. The van der Waals surface area contributed by atoms with Crippen LogP contribution in [0.1, 0.15) is 45.1 Å². The fourth-order valence-corrected chi connectivity index (χ4v) is 3.51. The number of ether oxygens (including phenoxy) is 1. The van der Waals surface area contributed by atoms with Crippen LogP contribution in [0.2, 0.25) is 10.0 Å². The van der Waals surface area contributed by atoms with E-state index in [1.165, 1.54) is 0 Å². The molecule has 0 spiro atoms. The van der Waals surface area contributed by atoms with E-state index in [1.54, 1.807) is 17.0 Å². The van der Waals surface area contributed by atoms with Gasteiger partial charge in [0, 0.05) is 19.5 Å². The Labute approximate surface area is 194 Å². The van der Waals surface area contributed by atoms with Gasteiger partial charge < -0.3 is 15.0 Å². The standard InChI is InChI=1S/C24H30Cl2N2O3/c1-3-14-27-24(30)22(4-2)28(17-18-12-13-20(25)21(26)16-18)23(29)11-8-15-31-19-9-6-5-7-10-19/h5-7,9-10,12-13,16,22H,3-4,8,11,14-15,17H2,1-2H3,(H,27,30)/t22-/m0/s1. The average molecular weight is 465 g/mol. The minimum atomic E-state index is -0.552. The molecule has 1 atom stereocenters. The molecule has 7 heteroatoms. The summed E-state index contributed by atoms with van der Waals surface area (Å²) in [5.41, 5.74) is 0.824. The van der Waals surface area contributed by atoms with Crippen molar-refractivity contribution < 1.29 is 14.3 Å². The third kappa shape index (κ3) is 8.08. The zero-order valence-electron chi connectivity index (χ0n) is 18.1. The molecule has 0 aliphatic carbocycles. The third-order valence-corrected chi connectivity index (χ3v) is 5.56. The molecular formula is C24H30Cl2N2O3. The van der Waals surface area contributed by atoms with Crippen molar-refractivity contribution in [2.24, 2.45) is 0 Å². The summed E-state index contributed by atoms with van der Waals surface area (Å²) < 4.78 is 5.69. The normalized spacial score (nSPS) is 11.6. The smallest absolute Gasteiger partial charge is 0.242 e. The first-order chi connectivity index (χ1) is 15.0. The first kappa shape index (κ1) is 25.0. The Morgan fingerprint density at radius 1 is 1.06 bits per heavy atom. The van der Waals surface area contributed by atoms with Crippen LogP contribution in [0, 0.1) is 0 Å². The minimum absolute atomic E-state index is 0.0961. The minimum Gasteiger partial charge on any atom is -0.494 e. The van der Waals surface area contributed by atoms with E-state index in [0.717, 1.165) is 17.7 Å². The predicted molar refractivity (Wildman–Crippen MR) is 126 cm³/mol. The molecule has 1 N–H and O–H groups in total. The maximum Gasteiger partial charge on any atom is 0.242 e.